The van der Waals surface area contributed by atoms with Gasteiger partial charge in [0.1, 0.15) is 18.1 Å². The number of ether oxygens (including phenoxy) is 1. The molecule has 10 heteroatoms. The van der Waals surface area contributed by atoms with E-state index in [9.17, 15) is 9.36 Å². The Balaban J connectivity index is 1.72. The maximum Gasteiger partial charge on any atom is 0.457 e. The van der Waals surface area contributed by atoms with Crippen molar-refractivity contribution in [3.63, 3.8) is 0 Å². The topological polar surface area (TPSA) is 138 Å². The third-order valence-corrected chi connectivity index (χ3v) is 7.17. The molecule has 0 bridgehead atoms. The zero-order valence-electron chi connectivity index (χ0n) is 20.3. The highest BCUT2D eigenvalue weighted by Gasteiger charge is 2.42. The molecule has 0 saturated heterocycles. The van der Waals surface area contributed by atoms with Gasteiger partial charge in [0.15, 0.2) is 11.7 Å². The molecule has 0 fully saturated rings. The number of para-hydroxylation sites is 2. The molecular formula is C28H27N4O5P. The quantitative estimate of drug-likeness (QED) is 0.132. The van der Waals surface area contributed by atoms with E-state index in [-0.39, 0.29) is 24.1 Å². The van der Waals surface area contributed by atoms with Gasteiger partial charge in [-0.15, -0.1) is 0 Å². The van der Waals surface area contributed by atoms with Crippen LogP contribution >= 0.6 is 7.60 Å². The molecule has 4 rings (SSSR count). The second-order valence-corrected chi connectivity index (χ2v) is 10.0. The van der Waals surface area contributed by atoms with Crippen LogP contribution in [0.25, 0.3) is 0 Å². The van der Waals surface area contributed by atoms with E-state index in [0.29, 0.717) is 11.3 Å². The van der Waals surface area contributed by atoms with Crippen molar-refractivity contribution in [1.82, 2.24) is 5.32 Å². The second kappa shape index (κ2) is 12.5. The molecule has 0 aliphatic rings. The average molecular weight is 531 g/mol. The Hall–Kier alpha value is -4.75. The molecule has 194 valence electrons. The number of aliphatic imine (C=N–C) groups is 1. The minimum absolute atomic E-state index is 0.0107. The summed E-state index contributed by atoms with van der Waals surface area (Å²) < 4.78 is 32.0. The Bertz CT molecular complexity index is 1370. The van der Waals surface area contributed by atoms with Crippen LogP contribution in [-0.2, 0) is 15.9 Å². The summed E-state index contributed by atoms with van der Waals surface area (Å²) in [5, 5.41) is 2.68. The minimum atomic E-state index is -4.22. The summed E-state index contributed by atoms with van der Waals surface area (Å²) >= 11 is 0. The summed E-state index contributed by atoms with van der Waals surface area (Å²) in [5.41, 5.74) is 12.7. The summed E-state index contributed by atoms with van der Waals surface area (Å²) in [4.78, 5) is 17.0. The van der Waals surface area contributed by atoms with Gasteiger partial charge in [-0.25, -0.2) is 14.4 Å². The molecule has 5 N–H and O–H groups in total. The lowest BCUT2D eigenvalue weighted by Gasteiger charge is -2.28. The first-order chi connectivity index (χ1) is 18.4. The predicted octanol–water partition coefficient (Wildman–Crippen LogP) is 5.87. The van der Waals surface area contributed by atoms with Crippen molar-refractivity contribution >= 4 is 25.3 Å². The molecule has 0 aliphatic heterocycles. The fraction of sp³-hybridized carbons (Fsp3) is 0.0714. The number of hydrogen-bond donors (Lipinski definition) is 3. The minimum Gasteiger partial charge on any atom is -0.445 e. The monoisotopic (exact) mass is 530 g/mol. The summed E-state index contributed by atoms with van der Waals surface area (Å²) in [6.45, 7) is 0.0107. The number of guanidine groups is 1. The molecule has 4 aromatic carbocycles. The summed E-state index contributed by atoms with van der Waals surface area (Å²) in [7, 11) is -4.22. The largest absolute Gasteiger partial charge is 0.457 e. The number of amides is 1. The van der Waals surface area contributed by atoms with E-state index in [1.54, 1.807) is 84.9 Å². The summed E-state index contributed by atoms with van der Waals surface area (Å²) in [6.07, 6.45) is -0.820. The van der Waals surface area contributed by atoms with Gasteiger partial charge in [-0.2, -0.15) is 0 Å². The first-order valence-corrected chi connectivity index (χ1v) is 13.3. The smallest absolute Gasteiger partial charge is 0.445 e. The number of carbonyl (C=O) groups excluding carboxylic acids is 1. The molecule has 38 heavy (non-hydrogen) atoms. The molecule has 1 amide bonds. The van der Waals surface area contributed by atoms with E-state index in [2.05, 4.69) is 10.3 Å². The number of nitrogens with two attached hydrogens (primary N) is 2. The van der Waals surface area contributed by atoms with Crippen molar-refractivity contribution in [2.24, 2.45) is 16.5 Å². The van der Waals surface area contributed by atoms with E-state index in [1.165, 1.54) is 0 Å². The van der Waals surface area contributed by atoms with Crippen molar-refractivity contribution in [2.75, 3.05) is 0 Å². The Morgan fingerprint density at radius 3 is 1.89 bits per heavy atom. The average Bonchev–Trinajstić information content (AvgIpc) is 2.92. The molecule has 0 heterocycles. The Morgan fingerprint density at radius 2 is 1.34 bits per heavy atom. The van der Waals surface area contributed by atoms with Crippen molar-refractivity contribution < 1.29 is 23.1 Å². The highest BCUT2D eigenvalue weighted by molar-refractivity contribution is 7.55. The van der Waals surface area contributed by atoms with Crippen molar-refractivity contribution in [1.29, 1.82) is 0 Å². The standard InChI is InChI=1S/C28H27N4O5P/c29-27(30)31-23-14-10-13-22(19-23)26(32-28(33)35-20-21-11-4-1-5-12-21)38(34,36-24-15-6-2-7-16-24)37-25-17-8-3-9-18-25/h1-19,26H,20H2,(H,32,33)(H4,29,30,31). The van der Waals surface area contributed by atoms with Gasteiger partial charge in [0.2, 0.25) is 0 Å². The first-order valence-electron chi connectivity index (χ1n) is 11.7. The molecule has 9 nitrogen and oxygen atoms in total. The van der Waals surface area contributed by atoms with Gasteiger partial charge in [0.05, 0.1) is 5.69 Å². The van der Waals surface area contributed by atoms with E-state index in [1.807, 2.05) is 30.3 Å². The van der Waals surface area contributed by atoms with Gasteiger partial charge < -0.3 is 30.6 Å². The van der Waals surface area contributed by atoms with Crippen LogP contribution in [0.4, 0.5) is 10.5 Å². The number of hydrogen-bond acceptors (Lipinski definition) is 6. The fourth-order valence-corrected chi connectivity index (χ4v) is 5.38. The Labute approximate surface area is 220 Å². The number of benzene rings is 4. The number of rotatable bonds is 10. The zero-order valence-corrected chi connectivity index (χ0v) is 21.2. The summed E-state index contributed by atoms with van der Waals surface area (Å²) in [5.74, 6) is -0.869. The van der Waals surface area contributed by atoms with Crippen molar-refractivity contribution in [3.05, 3.63) is 126 Å². The SMILES string of the molecule is NC(N)=Nc1cccc(C(NC(=O)OCc2ccccc2)P(=O)(Oc2ccccc2)Oc2ccccc2)c1. The normalized spacial score (nSPS) is 11.6. The van der Waals surface area contributed by atoms with E-state index in [0.717, 1.165) is 5.56 Å². The van der Waals surface area contributed by atoms with E-state index in [4.69, 9.17) is 25.3 Å². The van der Waals surface area contributed by atoms with Crippen LogP contribution in [-0.4, -0.2) is 12.1 Å². The first kappa shape index (κ1) is 26.3. The molecule has 1 atom stereocenters. The van der Waals surface area contributed by atoms with Gasteiger partial charge in [0.25, 0.3) is 0 Å². The third kappa shape index (κ3) is 7.38. The predicted molar refractivity (Wildman–Crippen MR) is 146 cm³/mol. The lowest BCUT2D eigenvalue weighted by molar-refractivity contribution is 0.137. The van der Waals surface area contributed by atoms with Crippen LogP contribution in [0, 0.1) is 0 Å². The maximum absolute atomic E-state index is 14.6. The van der Waals surface area contributed by atoms with Crippen LogP contribution in [0.2, 0.25) is 0 Å². The van der Waals surface area contributed by atoms with Gasteiger partial charge >= 0.3 is 13.7 Å². The van der Waals surface area contributed by atoms with Crippen molar-refractivity contribution in [3.8, 4) is 11.5 Å². The molecule has 1 unspecified atom stereocenters. The molecule has 0 aliphatic carbocycles. The highest BCUT2D eigenvalue weighted by Crippen LogP contribution is 2.59. The van der Waals surface area contributed by atoms with Crippen molar-refractivity contribution in [2.45, 2.75) is 12.4 Å². The molecular weight excluding hydrogens is 503 g/mol. The highest BCUT2D eigenvalue weighted by atomic mass is 31.2. The van der Waals surface area contributed by atoms with Crippen LogP contribution in [0.5, 0.6) is 11.5 Å². The van der Waals surface area contributed by atoms with Crippen LogP contribution < -0.4 is 25.8 Å². The number of nitrogens with one attached hydrogen (secondary N) is 1. The van der Waals surface area contributed by atoms with Gasteiger partial charge in [-0.05, 0) is 47.5 Å². The van der Waals surface area contributed by atoms with Gasteiger partial charge in [0, 0.05) is 0 Å². The number of alkyl carbamates (subject to hydrolysis) is 1. The van der Waals surface area contributed by atoms with Crippen LogP contribution in [0.15, 0.2) is 120 Å². The van der Waals surface area contributed by atoms with E-state index >= 15 is 0 Å². The van der Waals surface area contributed by atoms with Crippen LogP contribution in [0.1, 0.15) is 16.9 Å². The summed E-state index contributed by atoms with van der Waals surface area (Å²) in [6, 6.07) is 32.8. The second-order valence-electron chi connectivity index (χ2n) is 8.09. The number of carbonyl (C=O) groups is 1. The molecule has 0 spiro atoms. The van der Waals surface area contributed by atoms with E-state index < -0.39 is 19.5 Å². The third-order valence-electron chi connectivity index (χ3n) is 5.18. The molecule has 0 aromatic heterocycles. The molecule has 0 radical (unpaired) electrons. The zero-order chi connectivity index (χ0) is 26.8. The fourth-order valence-electron chi connectivity index (χ4n) is 3.52. The lowest BCUT2D eigenvalue weighted by atomic mass is 10.2. The Morgan fingerprint density at radius 1 is 0.789 bits per heavy atom. The lowest BCUT2D eigenvalue weighted by Crippen LogP contribution is -2.31. The molecule has 4 aromatic rings. The Kier molecular flexibility index (Phi) is 8.64. The number of nitrogens with zero attached hydrogens (tertiary/aromatic N) is 1. The van der Waals surface area contributed by atoms with Gasteiger partial charge in [-0.1, -0.05) is 78.9 Å². The maximum atomic E-state index is 14.6. The van der Waals surface area contributed by atoms with Crippen LogP contribution in [0.3, 0.4) is 0 Å². The molecule has 0 saturated carbocycles. The van der Waals surface area contributed by atoms with Gasteiger partial charge in [-0.3, -0.25) is 0 Å².